The Hall–Kier alpha value is -9.91. The Bertz CT molecular complexity index is 6110. The van der Waals surface area contributed by atoms with Crippen molar-refractivity contribution in [3.05, 3.63) is 249 Å². The van der Waals surface area contributed by atoms with Gasteiger partial charge in [0.15, 0.2) is 17.5 Å². The SMILES string of the molecule is CC(C)(C)c1cc(-c2ccc3c(c2)c2c(-c4cc(C(C)(C)C)cc(C(C)(C)C)c4)ccc4c2n3-c2cc(-c3nc(-c5cc(C(C)(C)C)cc(C(C)(C)C)c5)nc(-c5cc(C(C)(C)C)cc(C(C)(C)C)c5)n3)cc3c2B4c2ccc(-c4cc(C(C)(C)C)cc(C(C)(C)C)c4)c4c5cc(-c6cc(C(C)(C)C)cc(C(C)(C)C)c6)ccc5n-3c24)cc(C(C)(C)C)c1. The van der Waals surface area contributed by atoms with Gasteiger partial charge in [-0.05, 0) is 253 Å². The van der Waals surface area contributed by atoms with Crippen LogP contribution in [0.4, 0.5) is 0 Å². The highest BCUT2D eigenvalue weighted by Gasteiger charge is 2.44. The molecule has 0 bridgehead atoms. The Kier molecular flexibility index (Phi) is 19.9. The minimum absolute atomic E-state index is 0.0892. The van der Waals surface area contributed by atoms with Gasteiger partial charge in [-0.3, -0.25) is 0 Å². The molecular weight excluding hydrogens is 1490 g/mol. The second-order valence-corrected chi connectivity index (χ2v) is 49.4. The zero-order chi connectivity index (χ0) is 89.6. The van der Waals surface area contributed by atoms with Crippen LogP contribution in [0.15, 0.2) is 182 Å². The zero-order valence-electron chi connectivity index (χ0n) is 81.6. The largest absolute Gasteiger partial charge is 0.310 e. The summed E-state index contributed by atoms with van der Waals surface area (Å²) in [5.74, 6) is 1.92. The van der Waals surface area contributed by atoms with E-state index in [1.165, 1.54) is 160 Å². The smallest absolute Gasteiger partial charge is 0.252 e. The lowest BCUT2D eigenvalue weighted by molar-refractivity contribution is 0.568. The van der Waals surface area contributed by atoms with Crippen molar-refractivity contribution in [3.8, 4) is 90.0 Å². The summed E-state index contributed by atoms with van der Waals surface area (Å²) in [5, 5.41) is 4.95. The van der Waals surface area contributed by atoms with Crippen LogP contribution in [-0.2, 0) is 65.0 Å². The molecule has 0 saturated heterocycles. The van der Waals surface area contributed by atoms with Gasteiger partial charge in [0.25, 0.3) is 6.71 Å². The molecule has 0 unspecified atom stereocenters. The van der Waals surface area contributed by atoms with Crippen LogP contribution in [0.1, 0.15) is 316 Å². The van der Waals surface area contributed by atoms with Crippen LogP contribution < -0.4 is 16.4 Å². The number of fused-ring (bicyclic) bond motifs is 10. The fourth-order valence-corrected chi connectivity index (χ4v) is 18.7. The van der Waals surface area contributed by atoms with Gasteiger partial charge in [0.2, 0.25) is 0 Å². The normalized spacial score (nSPS) is 14.0. The molecule has 5 heterocycles. The number of hydrogen-bond donors (Lipinski definition) is 0. The second-order valence-electron chi connectivity index (χ2n) is 49.4. The first kappa shape index (κ1) is 86.6. The number of hydrogen-bond acceptors (Lipinski definition) is 3. The molecule has 0 amide bonds. The Balaban J connectivity index is 1.13. The van der Waals surface area contributed by atoms with Crippen LogP contribution in [0, 0.1) is 0 Å². The third-order valence-electron chi connectivity index (χ3n) is 27.1. The van der Waals surface area contributed by atoms with Gasteiger partial charge < -0.3 is 9.13 Å². The fraction of sp³-hybridized carbons (Fsp3) is 0.410. The predicted molar refractivity (Wildman–Crippen MR) is 536 cm³/mol. The van der Waals surface area contributed by atoms with Gasteiger partial charge in [-0.2, -0.15) is 0 Å². The van der Waals surface area contributed by atoms with Gasteiger partial charge in [0.1, 0.15) is 0 Å². The summed E-state index contributed by atoms with van der Waals surface area (Å²) in [5.41, 5.74) is 37.5. The first-order chi connectivity index (χ1) is 56.5. The van der Waals surface area contributed by atoms with Gasteiger partial charge >= 0.3 is 0 Å². The summed E-state index contributed by atoms with van der Waals surface area (Å²) in [6, 6.07) is 74.2. The number of nitrogens with zero attached hydrogens (tertiary/aromatic N) is 5. The van der Waals surface area contributed by atoms with Crippen molar-refractivity contribution >= 4 is 66.7 Å². The first-order valence-electron chi connectivity index (χ1n) is 45.6. The van der Waals surface area contributed by atoms with Crippen molar-refractivity contribution in [3.63, 3.8) is 0 Å². The third kappa shape index (κ3) is 15.7. The van der Waals surface area contributed by atoms with Crippen LogP contribution in [0.3, 0.4) is 0 Å². The maximum Gasteiger partial charge on any atom is 0.252 e. The molecule has 11 aromatic carbocycles. The number of benzene rings is 11. The summed E-state index contributed by atoms with van der Waals surface area (Å²) in [6.07, 6.45) is 0. The van der Waals surface area contributed by atoms with Gasteiger partial charge in [-0.25, -0.2) is 15.0 Å². The van der Waals surface area contributed by atoms with Gasteiger partial charge in [-0.15, -0.1) is 0 Å². The molecule has 0 radical (unpaired) electrons. The van der Waals surface area contributed by atoms with E-state index in [-0.39, 0.29) is 71.7 Å². The van der Waals surface area contributed by atoms with E-state index in [0.29, 0.717) is 17.5 Å². The predicted octanol–water partition coefficient (Wildman–Crippen LogP) is 30.4. The molecule has 0 saturated carbocycles. The van der Waals surface area contributed by atoms with E-state index in [1.54, 1.807) is 0 Å². The Morgan fingerprint density at radius 3 is 0.642 bits per heavy atom. The molecule has 14 aromatic rings. The highest BCUT2D eigenvalue weighted by Crippen LogP contribution is 2.51. The van der Waals surface area contributed by atoms with E-state index in [1.807, 2.05) is 0 Å². The Morgan fingerprint density at radius 1 is 0.203 bits per heavy atom. The van der Waals surface area contributed by atoms with Crippen molar-refractivity contribution in [1.29, 1.82) is 0 Å². The summed E-state index contributed by atoms with van der Waals surface area (Å²) in [4.78, 5) is 17.8. The average molecular weight is 1630 g/mol. The molecule has 2 aliphatic rings. The molecule has 0 aliphatic carbocycles. The minimum Gasteiger partial charge on any atom is -0.310 e. The second kappa shape index (κ2) is 28.3. The van der Waals surface area contributed by atoms with Crippen LogP contribution in [0.5, 0.6) is 0 Å². The standard InChI is InChI=1S/C117H138BN5/c1-106(2,3)76-45-69(46-77(61-76)107(4,5)6)67-37-43-94-90(57-67)98-88(71-49-80(110(13,14)15)63-81(50-71)111(16,17)18)39-41-92-101(98)122(94)96-59-75(105-120-103(73-53-84(114(25,26)27)65-85(54-73)115(28,29)30)119-104(121-105)74-55-86(116(31,32)33)66-87(56-74)117(34,35)36)60-97-100(96)118(92)93-42-40-89(72-51-82(112(19,20)21)64-83(52-72)113(22,23)24)99-91-58-68(38-44-95(91)123(97)102(93)99)70-47-78(108(7,8)9)62-79(48-70)109(10,11)12/h37-66H,1-36H3. The van der Waals surface area contributed by atoms with E-state index in [0.717, 1.165) is 39.1 Å². The first-order valence-corrected chi connectivity index (χ1v) is 45.6. The van der Waals surface area contributed by atoms with Crippen LogP contribution in [-0.4, -0.2) is 30.8 Å². The fourth-order valence-electron chi connectivity index (χ4n) is 18.7. The molecule has 6 heteroatoms. The molecule has 0 fully saturated rings. The topological polar surface area (TPSA) is 48.5 Å². The summed E-state index contributed by atoms with van der Waals surface area (Å²) in [7, 11) is 0. The van der Waals surface area contributed by atoms with E-state index in [2.05, 4.69) is 440 Å². The molecule has 5 nitrogen and oxygen atoms in total. The highest BCUT2D eigenvalue weighted by molar-refractivity contribution is 7.00. The molecule has 2 aliphatic heterocycles. The van der Waals surface area contributed by atoms with E-state index >= 15 is 0 Å². The van der Waals surface area contributed by atoms with E-state index in [4.69, 9.17) is 15.0 Å². The van der Waals surface area contributed by atoms with E-state index in [9.17, 15) is 0 Å². The summed E-state index contributed by atoms with van der Waals surface area (Å²) < 4.78 is 5.40. The quantitative estimate of drug-likeness (QED) is 0.149. The molecule has 16 rings (SSSR count). The summed E-state index contributed by atoms with van der Waals surface area (Å²) >= 11 is 0. The lowest BCUT2D eigenvalue weighted by Gasteiger charge is -2.34. The van der Waals surface area contributed by atoms with Gasteiger partial charge in [0, 0.05) is 60.6 Å². The minimum atomic E-state index is -0.228. The zero-order valence-corrected chi connectivity index (χ0v) is 81.6. The maximum absolute atomic E-state index is 6.00. The molecule has 0 atom stereocenters. The monoisotopic (exact) mass is 1620 g/mol. The van der Waals surface area contributed by atoms with Crippen molar-refractivity contribution in [1.82, 2.24) is 24.1 Å². The van der Waals surface area contributed by atoms with Crippen LogP contribution in [0.2, 0.25) is 0 Å². The van der Waals surface area contributed by atoms with Crippen molar-refractivity contribution in [2.75, 3.05) is 0 Å². The lowest BCUT2D eigenvalue weighted by atomic mass is 9.34. The molecule has 0 N–H and O–H groups in total. The number of aromatic nitrogens is 5. The van der Waals surface area contributed by atoms with Crippen molar-refractivity contribution < 1.29 is 0 Å². The molecule has 0 spiro atoms. The molecule has 3 aromatic heterocycles. The van der Waals surface area contributed by atoms with E-state index < -0.39 is 0 Å². The van der Waals surface area contributed by atoms with Crippen molar-refractivity contribution in [2.45, 2.75) is 314 Å². The lowest BCUT2D eigenvalue weighted by Crippen LogP contribution is -2.59. The van der Waals surface area contributed by atoms with Crippen LogP contribution >= 0.6 is 0 Å². The highest BCUT2D eigenvalue weighted by atomic mass is 15.1. The van der Waals surface area contributed by atoms with Gasteiger partial charge in [0.05, 0.1) is 11.0 Å². The van der Waals surface area contributed by atoms with Crippen molar-refractivity contribution in [2.24, 2.45) is 0 Å². The maximum atomic E-state index is 6.00. The van der Waals surface area contributed by atoms with Crippen LogP contribution in [0.25, 0.3) is 134 Å². The summed E-state index contributed by atoms with van der Waals surface area (Å²) in [6.45, 7) is 84.5. The third-order valence-corrected chi connectivity index (χ3v) is 27.1. The Labute approximate surface area is 738 Å². The van der Waals surface area contributed by atoms with Gasteiger partial charge in [-0.1, -0.05) is 371 Å². The number of rotatable bonds is 7. The molecular formula is C117H138BN5. The molecule has 123 heavy (non-hydrogen) atoms. The Morgan fingerprint density at radius 2 is 0.415 bits per heavy atom. The molecule has 634 valence electrons. The average Bonchev–Trinajstić information content (AvgIpc) is 1.52.